The molecule has 2 rings (SSSR count). The zero-order valence-corrected chi connectivity index (χ0v) is 9.20. The molecule has 0 unspecified atom stereocenters. The third-order valence-electron chi connectivity index (χ3n) is 2.71. The van der Waals surface area contributed by atoms with Crippen molar-refractivity contribution in [3.05, 3.63) is 17.8 Å². The molecule has 2 heterocycles. The molecule has 0 saturated carbocycles. The molecule has 1 aliphatic rings. The van der Waals surface area contributed by atoms with Crippen LogP contribution in [0.15, 0.2) is 17.3 Å². The van der Waals surface area contributed by atoms with Gasteiger partial charge in [0.2, 0.25) is 0 Å². The van der Waals surface area contributed by atoms with E-state index in [9.17, 15) is 4.79 Å². The van der Waals surface area contributed by atoms with Crippen LogP contribution < -0.4 is 10.6 Å². The zero-order valence-electron chi connectivity index (χ0n) is 9.20. The number of aromatic nitrogens is 2. The maximum atomic E-state index is 10.8. The van der Waals surface area contributed by atoms with Crippen molar-refractivity contribution in [2.45, 2.75) is 12.8 Å². The minimum absolute atomic E-state index is 0.156. The minimum atomic E-state index is -0.586. The fourth-order valence-corrected chi connectivity index (χ4v) is 1.72. The second-order valence-corrected chi connectivity index (χ2v) is 3.79. The van der Waals surface area contributed by atoms with E-state index in [4.69, 9.17) is 10.9 Å². The molecule has 0 radical (unpaired) electrons. The Hall–Kier alpha value is -2.18. The second kappa shape index (κ2) is 4.77. The maximum absolute atomic E-state index is 10.8. The Kier molecular flexibility index (Phi) is 3.17. The molecule has 7 nitrogen and oxygen atoms in total. The Labute approximate surface area is 97.9 Å². The van der Waals surface area contributed by atoms with Gasteiger partial charge in [-0.1, -0.05) is 5.16 Å². The molecule has 1 aromatic rings. The van der Waals surface area contributed by atoms with Gasteiger partial charge in [-0.15, -0.1) is 10.2 Å². The van der Waals surface area contributed by atoms with Gasteiger partial charge in [0.1, 0.15) is 0 Å². The normalized spacial score (nSPS) is 15.8. The number of carbonyl (C=O) groups excluding carboxylic acids is 1. The smallest absolute Gasteiger partial charge is 0.269 e. The highest BCUT2D eigenvalue weighted by Gasteiger charge is 2.17. The van der Waals surface area contributed by atoms with Crippen LogP contribution in [0.4, 0.5) is 5.82 Å². The van der Waals surface area contributed by atoms with Gasteiger partial charge < -0.3 is 15.8 Å². The lowest BCUT2D eigenvalue weighted by atomic mass is 10.1. The Morgan fingerprint density at radius 3 is 2.53 bits per heavy atom. The van der Waals surface area contributed by atoms with E-state index in [1.807, 2.05) is 4.90 Å². The van der Waals surface area contributed by atoms with Gasteiger partial charge >= 0.3 is 0 Å². The summed E-state index contributed by atoms with van der Waals surface area (Å²) in [7, 11) is 0. The van der Waals surface area contributed by atoms with E-state index in [2.05, 4.69) is 15.4 Å². The van der Waals surface area contributed by atoms with Crippen molar-refractivity contribution in [3.63, 3.8) is 0 Å². The van der Waals surface area contributed by atoms with Crippen LogP contribution in [0.2, 0.25) is 0 Å². The number of primary amides is 1. The number of carbonyl (C=O) groups is 1. The van der Waals surface area contributed by atoms with Crippen LogP contribution in [0.25, 0.3) is 0 Å². The summed E-state index contributed by atoms with van der Waals surface area (Å²) in [6, 6.07) is 3.27. The molecule has 1 fully saturated rings. The van der Waals surface area contributed by atoms with Gasteiger partial charge in [-0.3, -0.25) is 4.79 Å². The average Bonchev–Trinajstić information content (AvgIpc) is 2.39. The quantitative estimate of drug-likeness (QED) is 0.554. The first-order chi connectivity index (χ1) is 8.20. The topological polar surface area (TPSA) is 105 Å². The van der Waals surface area contributed by atoms with Crippen LogP contribution in [0.5, 0.6) is 0 Å². The zero-order chi connectivity index (χ0) is 12.3. The molecule has 0 spiro atoms. The molecule has 0 atom stereocenters. The largest absolute Gasteiger partial charge is 0.411 e. The number of piperidine rings is 1. The van der Waals surface area contributed by atoms with E-state index >= 15 is 0 Å². The number of anilines is 1. The van der Waals surface area contributed by atoms with Gasteiger partial charge in [-0.2, -0.15) is 0 Å². The summed E-state index contributed by atoms with van der Waals surface area (Å²) in [5.74, 6) is 0.115. The van der Waals surface area contributed by atoms with Crippen LogP contribution in [0, 0.1) is 0 Å². The monoisotopic (exact) mass is 235 g/mol. The number of hydrogen-bond donors (Lipinski definition) is 2. The van der Waals surface area contributed by atoms with Crippen molar-refractivity contribution >= 4 is 17.4 Å². The summed E-state index contributed by atoms with van der Waals surface area (Å²) in [6.07, 6.45) is 1.41. The summed E-state index contributed by atoms with van der Waals surface area (Å²) in [5, 5.41) is 19.5. The van der Waals surface area contributed by atoms with Gasteiger partial charge in [-0.05, 0) is 12.1 Å². The lowest BCUT2D eigenvalue weighted by Gasteiger charge is -2.27. The lowest BCUT2D eigenvalue weighted by molar-refractivity contribution is 0.0994. The van der Waals surface area contributed by atoms with Crippen molar-refractivity contribution in [3.8, 4) is 0 Å². The highest BCUT2D eigenvalue weighted by atomic mass is 16.4. The standard InChI is InChI=1S/C10H13N5O2/c11-10(16)8-1-2-9(13-12-8)15-5-3-7(14-17)4-6-15/h1-2,17H,3-6H2,(H2,11,16). The first-order valence-corrected chi connectivity index (χ1v) is 5.29. The summed E-state index contributed by atoms with van der Waals surface area (Å²) < 4.78 is 0. The van der Waals surface area contributed by atoms with Crippen LogP contribution >= 0.6 is 0 Å². The molecule has 1 amide bonds. The SMILES string of the molecule is NC(=O)c1ccc(N2CCC(=NO)CC2)nn1. The number of nitrogens with zero attached hydrogens (tertiary/aromatic N) is 4. The fourth-order valence-electron chi connectivity index (χ4n) is 1.72. The van der Waals surface area contributed by atoms with Crippen LogP contribution in [0.1, 0.15) is 23.3 Å². The molecular formula is C10H13N5O2. The number of oxime groups is 1. The van der Waals surface area contributed by atoms with E-state index in [-0.39, 0.29) is 5.69 Å². The van der Waals surface area contributed by atoms with Crippen molar-refractivity contribution < 1.29 is 10.0 Å². The van der Waals surface area contributed by atoms with Crippen LogP contribution in [-0.2, 0) is 0 Å². The Morgan fingerprint density at radius 2 is 2.06 bits per heavy atom. The Morgan fingerprint density at radius 1 is 1.35 bits per heavy atom. The third kappa shape index (κ3) is 2.49. The average molecular weight is 235 g/mol. The highest BCUT2D eigenvalue weighted by molar-refractivity contribution is 5.90. The van der Waals surface area contributed by atoms with Gasteiger partial charge in [0.15, 0.2) is 11.5 Å². The number of amides is 1. The van der Waals surface area contributed by atoms with Crippen molar-refractivity contribution in [1.29, 1.82) is 0 Å². The number of rotatable bonds is 2. The Balaban J connectivity index is 2.06. The van der Waals surface area contributed by atoms with Gasteiger partial charge in [0.25, 0.3) is 5.91 Å². The van der Waals surface area contributed by atoms with E-state index < -0.39 is 5.91 Å². The minimum Gasteiger partial charge on any atom is -0.411 e. The van der Waals surface area contributed by atoms with Crippen LogP contribution in [0.3, 0.4) is 0 Å². The third-order valence-corrected chi connectivity index (χ3v) is 2.71. The van der Waals surface area contributed by atoms with E-state index in [0.29, 0.717) is 18.7 Å². The van der Waals surface area contributed by atoms with E-state index in [0.717, 1.165) is 18.8 Å². The van der Waals surface area contributed by atoms with Crippen molar-refractivity contribution in [1.82, 2.24) is 10.2 Å². The summed E-state index contributed by atoms with van der Waals surface area (Å²) >= 11 is 0. The number of hydrogen-bond acceptors (Lipinski definition) is 6. The highest BCUT2D eigenvalue weighted by Crippen LogP contribution is 2.15. The molecule has 90 valence electrons. The Bertz CT molecular complexity index is 433. The first-order valence-electron chi connectivity index (χ1n) is 5.29. The molecule has 0 aliphatic carbocycles. The fraction of sp³-hybridized carbons (Fsp3) is 0.400. The molecule has 1 aromatic heterocycles. The predicted octanol–water partition coefficient (Wildman–Crippen LogP) is 0.00590. The molecule has 0 aromatic carbocycles. The van der Waals surface area contributed by atoms with E-state index in [1.165, 1.54) is 0 Å². The van der Waals surface area contributed by atoms with Crippen molar-refractivity contribution in [2.75, 3.05) is 18.0 Å². The van der Waals surface area contributed by atoms with Crippen LogP contribution in [-0.4, -0.2) is 40.1 Å². The first kappa shape index (κ1) is 11.3. The van der Waals surface area contributed by atoms with E-state index in [1.54, 1.807) is 12.1 Å². The lowest BCUT2D eigenvalue weighted by Crippen LogP contribution is -2.34. The summed E-state index contributed by atoms with van der Waals surface area (Å²) in [5.41, 5.74) is 6.03. The van der Waals surface area contributed by atoms with Gasteiger partial charge in [-0.25, -0.2) is 0 Å². The molecule has 1 saturated heterocycles. The molecule has 7 heteroatoms. The molecule has 1 aliphatic heterocycles. The van der Waals surface area contributed by atoms with Gasteiger partial charge in [0.05, 0.1) is 5.71 Å². The molecule has 17 heavy (non-hydrogen) atoms. The van der Waals surface area contributed by atoms with Crippen molar-refractivity contribution in [2.24, 2.45) is 10.9 Å². The molecule has 3 N–H and O–H groups in total. The van der Waals surface area contributed by atoms with Gasteiger partial charge in [0, 0.05) is 25.9 Å². The summed E-state index contributed by atoms with van der Waals surface area (Å²) in [6.45, 7) is 1.45. The predicted molar refractivity (Wildman–Crippen MR) is 61.2 cm³/mol. The second-order valence-electron chi connectivity index (χ2n) is 3.79. The summed E-state index contributed by atoms with van der Waals surface area (Å²) in [4.78, 5) is 12.9. The molecular weight excluding hydrogens is 222 g/mol. The molecule has 0 bridgehead atoms. The number of nitrogens with two attached hydrogens (primary N) is 1. The maximum Gasteiger partial charge on any atom is 0.269 e.